The number of ether oxygens (including phenoxy) is 1. The van der Waals surface area contributed by atoms with Crippen molar-refractivity contribution in [3.05, 3.63) is 33.3 Å². The van der Waals surface area contributed by atoms with Crippen LogP contribution in [-0.2, 0) is 4.79 Å². The van der Waals surface area contributed by atoms with Crippen LogP contribution >= 0.6 is 23.2 Å². The first-order valence-electron chi connectivity index (χ1n) is 7.67. The first kappa shape index (κ1) is 18.1. The van der Waals surface area contributed by atoms with Crippen molar-refractivity contribution in [2.24, 2.45) is 5.41 Å². The van der Waals surface area contributed by atoms with Crippen LogP contribution in [0.5, 0.6) is 5.75 Å². The average molecular weight is 358 g/mol. The van der Waals surface area contributed by atoms with Crippen LogP contribution in [0.1, 0.15) is 32.3 Å². The van der Waals surface area contributed by atoms with E-state index in [9.17, 15) is 9.90 Å². The molecule has 0 aromatic heterocycles. The molecule has 0 fully saturated rings. The second kappa shape index (κ2) is 7.56. The summed E-state index contributed by atoms with van der Waals surface area (Å²) in [4.78, 5) is 11.5. The first-order chi connectivity index (χ1) is 10.9. The van der Waals surface area contributed by atoms with Gasteiger partial charge >= 0.3 is 5.97 Å². The average Bonchev–Trinajstić information content (AvgIpc) is 2.51. The highest BCUT2D eigenvalue weighted by Crippen LogP contribution is 2.36. The van der Waals surface area contributed by atoms with Gasteiger partial charge in [-0.05, 0) is 36.6 Å². The van der Waals surface area contributed by atoms with Gasteiger partial charge in [-0.15, -0.1) is 0 Å². The summed E-state index contributed by atoms with van der Waals surface area (Å²) in [5, 5.41) is 13.7. The minimum absolute atomic E-state index is 0.426. The van der Waals surface area contributed by atoms with Crippen molar-refractivity contribution in [2.45, 2.75) is 26.7 Å². The van der Waals surface area contributed by atoms with Crippen LogP contribution in [0.15, 0.2) is 17.7 Å². The summed E-state index contributed by atoms with van der Waals surface area (Å²) in [7, 11) is 0. The predicted octanol–water partition coefficient (Wildman–Crippen LogP) is 4.25. The Bertz CT molecular complexity index is 625. The molecule has 0 aliphatic carbocycles. The van der Waals surface area contributed by atoms with Crippen molar-refractivity contribution < 1.29 is 14.6 Å². The van der Waals surface area contributed by atoms with E-state index in [1.165, 1.54) is 0 Å². The van der Waals surface area contributed by atoms with Gasteiger partial charge in [0.05, 0.1) is 10.4 Å². The molecule has 23 heavy (non-hydrogen) atoms. The molecule has 0 bridgehead atoms. The molecule has 6 heteroatoms. The highest BCUT2D eigenvalue weighted by atomic mass is 35.5. The van der Waals surface area contributed by atoms with Gasteiger partial charge in [0.25, 0.3) is 0 Å². The summed E-state index contributed by atoms with van der Waals surface area (Å²) in [6.07, 6.45) is 3.18. The Morgan fingerprint density at radius 3 is 2.65 bits per heavy atom. The van der Waals surface area contributed by atoms with Gasteiger partial charge < -0.3 is 15.2 Å². The molecule has 126 valence electrons. The molecular formula is C17H21Cl2NO3. The number of fused-ring (bicyclic) bond motifs is 1. The molecule has 0 spiro atoms. The van der Waals surface area contributed by atoms with Crippen molar-refractivity contribution >= 4 is 35.2 Å². The predicted molar refractivity (Wildman–Crippen MR) is 93.5 cm³/mol. The largest absolute Gasteiger partial charge is 0.487 e. The maximum atomic E-state index is 11.5. The van der Waals surface area contributed by atoms with Gasteiger partial charge in [0.1, 0.15) is 12.4 Å². The molecule has 2 rings (SSSR count). The number of hydrogen-bond donors (Lipinski definition) is 2. The highest BCUT2D eigenvalue weighted by Gasteiger charge is 2.34. The molecule has 2 N–H and O–H groups in total. The lowest BCUT2D eigenvalue weighted by Crippen LogP contribution is -2.41. The minimum atomic E-state index is -0.757. The number of halogens is 2. The van der Waals surface area contributed by atoms with Gasteiger partial charge in [-0.25, -0.2) is 0 Å². The smallest absolute Gasteiger partial charge is 0.310 e. The highest BCUT2D eigenvalue weighted by molar-refractivity contribution is 6.36. The number of aliphatic carboxylic acids is 1. The molecule has 1 aliphatic rings. The number of carbonyl (C=O) groups is 1. The Labute approximate surface area is 146 Å². The minimum Gasteiger partial charge on any atom is -0.487 e. The van der Waals surface area contributed by atoms with E-state index in [-0.39, 0.29) is 0 Å². The molecular weight excluding hydrogens is 337 g/mol. The van der Waals surface area contributed by atoms with E-state index < -0.39 is 11.4 Å². The van der Waals surface area contributed by atoms with Crippen LogP contribution in [0, 0.1) is 5.41 Å². The Balaban J connectivity index is 2.04. The van der Waals surface area contributed by atoms with E-state index in [1.54, 1.807) is 6.07 Å². The molecule has 4 nitrogen and oxygen atoms in total. The van der Waals surface area contributed by atoms with Gasteiger partial charge in [-0.1, -0.05) is 37.0 Å². The van der Waals surface area contributed by atoms with Gasteiger partial charge in [-0.2, -0.15) is 0 Å². The van der Waals surface area contributed by atoms with E-state index >= 15 is 0 Å². The number of hydrogen-bond acceptors (Lipinski definition) is 3. The molecule has 1 aliphatic heterocycles. The van der Waals surface area contributed by atoms with E-state index in [0.717, 1.165) is 11.1 Å². The van der Waals surface area contributed by atoms with Crippen molar-refractivity contribution in [1.82, 2.24) is 5.32 Å². The third-order valence-corrected chi connectivity index (χ3v) is 4.92. The van der Waals surface area contributed by atoms with E-state index in [4.69, 9.17) is 27.9 Å². The molecule has 0 atom stereocenters. The summed E-state index contributed by atoms with van der Waals surface area (Å²) in [5.74, 6) is -0.116. The number of carboxylic acids is 1. The van der Waals surface area contributed by atoms with Crippen LogP contribution in [0.2, 0.25) is 10.0 Å². The number of nitrogens with one attached hydrogen (secondary N) is 1. The van der Waals surface area contributed by atoms with Gasteiger partial charge in [0.2, 0.25) is 0 Å². The molecule has 1 heterocycles. The summed E-state index contributed by atoms with van der Waals surface area (Å²) in [5.41, 5.74) is 1.16. The topological polar surface area (TPSA) is 58.6 Å². The zero-order chi connectivity index (χ0) is 17.0. The quantitative estimate of drug-likeness (QED) is 0.765. The fourth-order valence-electron chi connectivity index (χ4n) is 2.71. The maximum Gasteiger partial charge on any atom is 0.310 e. The lowest BCUT2D eigenvalue weighted by molar-refractivity contribution is -0.149. The molecule has 1 aromatic carbocycles. The van der Waals surface area contributed by atoms with Crippen LogP contribution < -0.4 is 10.1 Å². The Morgan fingerprint density at radius 2 is 2.04 bits per heavy atom. The fraction of sp³-hybridized carbons (Fsp3) is 0.471. The van der Waals surface area contributed by atoms with Crippen molar-refractivity contribution in [1.29, 1.82) is 0 Å². The monoisotopic (exact) mass is 357 g/mol. The molecule has 0 unspecified atom stereocenters. The number of benzene rings is 1. The number of carboxylic acid groups (broad SMARTS) is 1. The maximum absolute atomic E-state index is 11.5. The van der Waals surface area contributed by atoms with Gasteiger partial charge in [0.15, 0.2) is 0 Å². The molecule has 0 radical (unpaired) electrons. The Morgan fingerprint density at radius 1 is 1.35 bits per heavy atom. The normalized spacial score (nSPS) is 14.0. The molecule has 0 amide bonds. The SMILES string of the molecule is CCC(CC)(CNCC1=Cc2cc(Cl)cc(Cl)c2OC1)C(=O)O. The van der Waals surface area contributed by atoms with Gasteiger partial charge in [-0.3, -0.25) is 4.79 Å². The standard InChI is InChI=1S/C17H21Cl2NO3/c1-3-17(4-2,16(21)22)10-20-8-11-5-12-6-13(18)7-14(19)15(12)23-9-11/h5-7,20H,3-4,8-10H2,1-2H3,(H,21,22). The Kier molecular flexibility index (Phi) is 5.95. The van der Waals surface area contributed by atoms with Crippen LogP contribution in [0.25, 0.3) is 6.08 Å². The van der Waals surface area contributed by atoms with Crippen LogP contribution in [0.4, 0.5) is 0 Å². The Hall–Kier alpha value is -1.23. The summed E-state index contributed by atoms with van der Waals surface area (Å²) in [6.45, 7) is 5.24. The fourth-order valence-corrected chi connectivity index (χ4v) is 3.27. The number of rotatable bonds is 7. The second-order valence-corrected chi connectivity index (χ2v) is 6.64. The van der Waals surface area contributed by atoms with Crippen molar-refractivity contribution in [3.63, 3.8) is 0 Å². The zero-order valence-corrected chi connectivity index (χ0v) is 14.8. The van der Waals surface area contributed by atoms with Gasteiger partial charge in [0, 0.05) is 23.7 Å². The van der Waals surface area contributed by atoms with Crippen LogP contribution in [0.3, 0.4) is 0 Å². The van der Waals surface area contributed by atoms with E-state index in [1.807, 2.05) is 26.0 Å². The van der Waals surface area contributed by atoms with Crippen molar-refractivity contribution in [2.75, 3.05) is 19.7 Å². The molecule has 1 aromatic rings. The summed E-state index contributed by atoms with van der Waals surface area (Å²) in [6, 6.07) is 3.46. The first-order valence-corrected chi connectivity index (χ1v) is 8.43. The lowest BCUT2D eigenvalue weighted by atomic mass is 9.82. The third kappa shape index (κ3) is 4.00. The zero-order valence-electron chi connectivity index (χ0n) is 13.3. The molecule has 0 saturated carbocycles. The lowest BCUT2D eigenvalue weighted by Gasteiger charge is -2.27. The summed E-state index contributed by atoms with van der Waals surface area (Å²) >= 11 is 12.1. The van der Waals surface area contributed by atoms with E-state index in [0.29, 0.717) is 48.3 Å². The second-order valence-electron chi connectivity index (χ2n) is 5.79. The van der Waals surface area contributed by atoms with Crippen molar-refractivity contribution in [3.8, 4) is 5.75 Å². The van der Waals surface area contributed by atoms with Crippen LogP contribution in [-0.4, -0.2) is 30.8 Å². The summed E-state index contributed by atoms with van der Waals surface area (Å²) < 4.78 is 5.69. The van der Waals surface area contributed by atoms with E-state index in [2.05, 4.69) is 5.32 Å². The molecule has 0 saturated heterocycles. The third-order valence-electron chi connectivity index (χ3n) is 4.42.